The minimum absolute atomic E-state index is 0.0166. The molecule has 1 aromatic carbocycles. The van der Waals surface area contributed by atoms with Crippen LogP contribution in [0.25, 0.3) is 0 Å². The molecule has 1 amide bonds. The van der Waals surface area contributed by atoms with Gasteiger partial charge in [0.25, 0.3) is 0 Å². The van der Waals surface area contributed by atoms with Crippen molar-refractivity contribution in [3.05, 3.63) is 28.8 Å². The van der Waals surface area contributed by atoms with Crippen LogP contribution in [-0.4, -0.2) is 17.0 Å². The molecule has 5 nitrogen and oxygen atoms in total. The van der Waals surface area contributed by atoms with E-state index in [0.29, 0.717) is 16.3 Å². The van der Waals surface area contributed by atoms with E-state index in [1.54, 1.807) is 18.2 Å². The van der Waals surface area contributed by atoms with E-state index in [4.69, 9.17) is 22.5 Å². The average molecular weight is 296 g/mol. The van der Waals surface area contributed by atoms with Gasteiger partial charge in [-0.1, -0.05) is 36.0 Å². The molecule has 0 spiro atoms. The highest BCUT2D eigenvalue weighted by Gasteiger charge is 2.21. The zero-order chi connectivity index (χ0) is 14.5. The first kappa shape index (κ1) is 14.7. The summed E-state index contributed by atoms with van der Waals surface area (Å²) >= 11 is 6.11. The van der Waals surface area contributed by atoms with Gasteiger partial charge >= 0.3 is 0 Å². The number of nitrogens with zero attached hydrogens (tertiary/aromatic N) is 1. The summed E-state index contributed by atoms with van der Waals surface area (Å²) < 4.78 is 0. The number of amidine groups is 1. The predicted octanol–water partition coefficient (Wildman–Crippen LogP) is 2.95. The Kier molecular flexibility index (Phi) is 4.84. The van der Waals surface area contributed by atoms with Gasteiger partial charge in [-0.2, -0.15) is 0 Å². The van der Waals surface area contributed by atoms with E-state index >= 15 is 0 Å². The fraction of sp³-hybridized carbons (Fsp3) is 0.429. The molecule has 6 heteroatoms. The molecule has 2 rings (SSSR count). The van der Waals surface area contributed by atoms with Crippen molar-refractivity contribution in [2.45, 2.75) is 32.1 Å². The molecule has 0 aromatic heterocycles. The monoisotopic (exact) mass is 295 g/mol. The molecule has 20 heavy (non-hydrogen) atoms. The molecule has 4 N–H and O–H groups in total. The molecular formula is C14H18ClN3O2. The number of halogens is 1. The molecule has 0 saturated heterocycles. The third-order valence-electron chi connectivity index (χ3n) is 3.61. The van der Waals surface area contributed by atoms with Crippen molar-refractivity contribution in [3.8, 4) is 0 Å². The van der Waals surface area contributed by atoms with Crippen LogP contribution >= 0.6 is 11.6 Å². The third kappa shape index (κ3) is 3.42. The Morgan fingerprint density at radius 3 is 2.65 bits per heavy atom. The van der Waals surface area contributed by atoms with Gasteiger partial charge in [-0.25, -0.2) is 0 Å². The summed E-state index contributed by atoms with van der Waals surface area (Å²) in [6.45, 7) is 0. The molecular weight excluding hydrogens is 278 g/mol. The molecule has 0 heterocycles. The van der Waals surface area contributed by atoms with Gasteiger partial charge in [-0.15, -0.1) is 0 Å². The number of hydrogen-bond donors (Lipinski definition) is 3. The number of anilines is 1. The summed E-state index contributed by atoms with van der Waals surface area (Å²) in [6.07, 6.45) is 5.29. The Morgan fingerprint density at radius 1 is 1.35 bits per heavy atom. The standard InChI is InChI=1S/C14H18ClN3O2/c15-11-8-10(13(16)18-20)6-7-12(11)17-14(19)9-4-2-1-3-5-9/h6-9,20H,1-5H2,(H2,16,18)(H,17,19). The van der Waals surface area contributed by atoms with Crippen LogP contribution in [-0.2, 0) is 4.79 Å². The van der Waals surface area contributed by atoms with Crippen molar-refractivity contribution >= 4 is 29.0 Å². The van der Waals surface area contributed by atoms with E-state index in [1.807, 2.05) is 0 Å². The largest absolute Gasteiger partial charge is 0.409 e. The van der Waals surface area contributed by atoms with Gasteiger partial charge in [0.15, 0.2) is 5.84 Å². The van der Waals surface area contributed by atoms with Crippen molar-refractivity contribution in [1.82, 2.24) is 0 Å². The Bertz CT molecular complexity index is 525. The highest BCUT2D eigenvalue weighted by atomic mass is 35.5. The maximum Gasteiger partial charge on any atom is 0.227 e. The van der Waals surface area contributed by atoms with Crippen molar-refractivity contribution in [2.24, 2.45) is 16.8 Å². The zero-order valence-corrected chi connectivity index (χ0v) is 11.9. The SMILES string of the molecule is N/C(=N/O)c1ccc(NC(=O)C2CCCCC2)c(Cl)c1. The summed E-state index contributed by atoms with van der Waals surface area (Å²) in [6, 6.07) is 4.88. The summed E-state index contributed by atoms with van der Waals surface area (Å²) in [4.78, 5) is 12.1. The summed E-state index contributed by atoms with van der Waals surface area (Å²) in [5, 5.41) is 14.7. The molecule has 1 aliphatic rings. The van der Waals surface area contributed by atoms with Crippen molar-refractivity contribution in [3.63, 3.8) is 0 Å². The molecule has 1 fully saturated rings. The van der Waals surface area contributed by atoms with Gasteiger partial charge < -0.3 is 16.3 Å². The van der Waals surface area contributed by atoms with Crippen molar-refractivity contribution in [2.75, 3.05) is 5.32 Å². The van der Waals surface area contributed by atoms with E-state index in [9.17, 15) is 4.79 Å². The van der Waals surface area contributed by atoms with Crippen LogP contribution < -0.4 is 11.1 Å². The lowest BCUT2D eigenvalue weighted by Gasteiger charge is -2.21. The van der Waals surface area contributed by atoms with Gasteiger partial charge in [0.05, 0.1) is 10.7 Å². The first-order valence-corrected chi connectivity index (χ1v) is 7.08. The number of oxime groups is 1. The van der Waals surface area contributed by atoms with Gasteiger partial charge in [0, 0.05) is 11.5 Å². The van der Waals surface area contributed by atoms with E-state index in [-0.39, 0.29) is 17.7 Å². The smallest absolute Gasteiger partial charge is 0.227 e. The minimum Gasteiger partial charge on any atom is -0.409 e. The molecule has 0 aliphatic heterocycles. The second-order valence-corrected chi connectivity index (χ2v) is 5.41. The van der Waals surface area contributed by atoms with Gasteiger partial charge in [-0.3, -0.25) is 4.79 Å². The number of amides is 1. The zero-order valence-electron chi connectivity index (χ0n) is 11.1. The van der Waals surface area contributed by atoms with Crippen LogP contribution in [0.3, 0.4) is 0 Å². The van der Waals surface area contributed by atoms with Crippen LogP contribution in [0.5, 0.6) is 0 Å². The normalized spacial score (nSPS) is 16.9. The number of hydrogen-bond acceptors (Lipinski definition) is 3. The number of nitrogens with one attached hydrogen (secondary N) is 1. The summed E-state index contributed by atoms with van der Waals surface area (Å²) in [5.74, 6) is 0.0729. The van der Waals surface area contributed by atoms with Crippen LogP contribution in [0.1, 0.15) is 37.7 Å². The number of nitrogens with two attached hydrogens (primary N) is 1. The summed E-state index contributed by atoms with van der Waals surface area (Å²) in [5.41, 5.74) is 6.55. The molecule has 0 bridgehead atoms. The van der Waals surface area contributed by atoms with Crippen LogP contribution in [0.4, 0.5) is 5.69 Å². The first-order chi connectivity index (χ1) is 9.61. The van der Waals surface area contributed by atoms with Gasteiger partial charge in [0.2, 0.25) is 5.91 Å². The Labute approximate surface area is 122 Å². The molecule has 108 valence electrons. The number of carbonyl (C=O) groups is 1. The van der Waals surface area contributed by atoms with Crippen LogP contribution in [0.15, 0.2) is 23.4 Å². The van der Waals surface area contributed by atoms with E-state index in [2.05, 4.69) is 10.5 Å². The van der Waals surface area contributed by atoms with Gasteiger partial charge in [0.1, 0.15) is 0 Å². The quantitative estimate of drug-likeness (QED) is 0.347. The maximum absolute atomic E-state index is 12.1. The Morgan fingerprint density at radius 2 is 2.05 bits per heavy atom. The lowest BCUT2D eigenvalue weighted by molar-refractivity contribution is -0.120. The second kappa shape index (κ2) is 6.61. The summed E-state index contributed by atoms with van der Waals surface area (Å²) in [7, 11) is 0. The lowest BCUT2D eigenvalue weighted by Crippen LogP contribution is -2.25. The van der Waals surface area contributed by atoms with Gasteiger partial charge in [-0.05, 0) is 31.0 Å². The lowest BCUT2D eigenvalue weighted by atomic mass is 9.88. The van der Waals surface area contributed by atoms with E-state index < -0.39 is 0 Å². The first-order valence-electron chi connectivity index (χ1n) is 6.70. The number of benzene rings is 1. The topological polar surface area (TPSA) is 87.7 Å². The minimum atomic E-state index is -0.0166. The fourth-order valence-corrected chi connectivity index (χ4v) is 2.66. The van der Waals surface area contributed by atoms with E-state index in [1.165, 1.54) is 6.42 Å². The molecule has 0 unspecified atom stereocenters. The fourth-order valence-electron chi connectivity index (χ4n) is 2.43. The highest BCUT2D eigenvalue weighted by molar-refractivity contribution is 6.34. The molecule has 0 radical (unpaired) electrons. The number of rotatable bonds is 3. The molecule has 1 aliphatic carbocycles. The Hall–Kier alpha value is -1.75. The van der Waals surface area contributed by atoms with Crippen LogP contribution in [0.2, 0.25) is 5.02 Å². The van der Waals surface area contributed by atoms with E-state index in [0.717, 1.165) is 25.7 Å². The second-order valence-electron chi connectivity index (χ2n) is 5.00. The highest BCUT2D eigenvalue weighted by Crippen LogP contribution is 2.27. The van der Waals surface area contributed by atoms with Crippen LogP contribution in [0, 0.1) is 5.92 Å². The maximum atomic E-state index is 12.1. The molecule has 0 atom stereocenters. The Balaban J connectivity index is 2.07. The number of carbonyl (C=O) groups excluding carboxylic acids is 1. The average Bonchev–Trinajstić information content (AvgIpc) is 2.49. The predicted molar refractivity (Wildman–Crippen MR) is 79.2 cm³/mol. The third-order valence-corrected chi connectivity index (χ3v) is 3.92. The van der Waals surface area contributed by atoms with Crippen molar-refractivity contribution in [1.29, 1.82) is 0 Å². The molecule has 1 aromatic rings. The molecule has 1 saturated carbocycles. The van der Waals surface area contributed by atoms with Crippen molar-refractivity contribution < 1.29 is 10.0 Å².